The number of aromatic nitrogens is 2. The van der Waals surface area contributed by atoms with Gasteiger partial charge in [0, 0.05) is 43.6 Å². The Balaban J connectivity index is 1.45. The Morgan fingerprint density at radius 2 is 1.89 bits per heavy atom. The van der Waals surface area contributed by atoms with Gasteiger partial charge in [-0.05, 0) is 36.9 Å². The molecule has 0 aliphatic rings. The number of hydrogen-bond acceptors (Lipinski definition) is 4. The van der Waals surface area contributed by atoms with Gasteiger partial charge in [0.05, 0.1) is 5.69 Å². The molecule has 0 aliphatic carbocycles. The molecule has 0 atom stereocenters. The van der Waals surface area contributed by atoms with Gasteiger partial charge in [0.25, 0.3) is 5.91 Å². The number of nitrogens with zero attached hydrogens (tertiary/aromatic N) is 3. The molecule has 6 heteroatoms. The maximum absolute atomic E-state index is 12.9. The number of carbonyl (C=O) groups excluding carboxylic acids is 1. The number of carbonyl (C=O) groups is 1. The Hall–Kier alpha value is -2.96. The maximum Gasteiger partial charge on any atom is 0.263 e. The van der Waals surface area contributed by atoms with Crippen LogP contribution in [0, 0.1) is 0 Å². The molecule has 4 aromatic rings. The lowest BCUT2D eigenvalue weighted by molar-refractivity contribution is 0.0953. The number of hydrogen-bond donors (Lipinski definition) is 1. The van der Waals surface area contributed by atoms with Gasteiger partial charge in [0.2, 0.25) is 0 Å². The van der Waals surface area contributed by atoms with Gasteiger partial charge in [0.1, 0.15) is 9.71 Å². The second kappa shape index (κ2) is 8.37. The van der Waals surface area contributed by atoms with E-state index in [-0.39, 0.29) is 5.91 Å². The van der Waals surface area contributed by atoms with Crippen molar-refractivity contribution in [2.45, 2.75) is 6.54 Å². The van der Waals surface area contributed by atoms with Crippen LogP contribution in [0.5, 0.6) is 0 Å². The van der Waals surface area contributed by atoms with E-state index in [9.17, 15) is 4.79 Å². The minimum atomic E-state index is -0.0557. The van der Waals surface area contributed by atoms with Crippen LogP contribution < -0.4 is 5.32 Å². The third-order valence-electron chi connectivity index (χ3n) is 4.58. The first kappa shape index (κ1) is 18.4. The molecule has 0 radical (unpaired) electrons. The van der Waals surface area contributed by atoms with Crippen LogP contribution in [0.3, 0.4) is 0 Å². The quantitative estimate of drug-likeness (QED) is 0.520. The summed E-state index contributed by atoms with van der Waals surface area (Å²) < 4.78 is 1.98. The zero-order chi connectivity index (χ0) is 19.3. The molecule has 0 spiro atoms. The molecule has 0 unspecified atom stereocenters. The summed E-state index contributed by atoms with van der Waals surface area (Å²) in [6, 6.07) is 18.2. The highest BCUT2D eigenvalue weighted by Gasteiger charge is 2.20. The average molecular weight is 391 g/mol. The molecule has 142 valence electrons. The first-order valence-electron chi connectivity index (χ1n) is 9.24. The van der Waals surface area contributed by atoms with Crippen molar-refractivity contribution in [1.82, 2.24) is 19.8 Å². The van der Waals surface area contributed by atoms with E-state index in [0.717, 1.165) is 29.0 Å². The number of amides is 1. The summed E-state index contributed by atoms with van der Waals surface area (Å²) in [6.45, 7) is 2.23. The lowest BCUT2D eigenvalue weighted by atomic mass is 10.2. The fourth-order valence-electron chi connectivity index (χ4n) is 3.23. The topological polar surface area (TPSA) is 50.2 Å². The molecule has 1 N–H and O–H groups in total. The Labute approximate surface area is 168 Å². The van der Waals surface area contributed by atoms with Crippen molar-refractivity contribution in [2.24, 2.45) is 0 Å². The third kappa shape index (κ3) is 3.98. The molecule has 0 saturated heterocycles. The molecule has 0 aliphatic heterocycles. The van der Waals surface area contributed by atoms with Gasteiger partial charge in [-0.3, -0.25) is 4.79 Å². The van der Waals surface area contributed by atoms with Gasteiger partial charge < -0.3 is 14.8 Å². The normalized spacial score (nSPS) is 11.2. The maximum atomic E-state index is 12.9. The molecule has 5 nitrogen and oxygen atoms in total. The number of benzene rings is 1. The summed E-state index contributed by atoms with van der Waals surface area (Å²) >= 11 is 1.43. The highest BCUT2D eigenvalue weighted by Crippen LogP contribution is 2.32. The van der Waals surface area contributed by atoms with E-state index in [2.05, 4.69) is 34.4 Å². The van der Waals surface area contributed by atoms with E-state index >= 15 is 0 Å². The summed E-state index contributed by atoms with van der Waals surface area (Å²) in [7, 11) is 2.06. The molecule has 3 heterocycles. The highest BCUT2D eigenvalue weighted by molar-refractivity contribution is 7.21. The number of likely N-dealkylation sites (N-methyl/N-ethyl adjacent to an activating group) is 1. The SMILES string of the molecule is CN(CCNC(=O)c1sc2ncccc2c1-n1cccc1)Cc1ccccc1. The molecule has 3 aromatic heterocycles. The third-order valence-corrected chi connectivity index (χ3v) is 5.68. The first-order valence-corrected chi connectivity index (χ1v) is 10.1. The van der Waals surface area contributed by atoms with E-state index in [1.54, 1.807) is 6.20 Å². The van der Waals surface area contributed by atoms with Gasteiger partial charge in [0.15, 0.2) is 0 Å². The minimum absolute atomic E-state index is 0.0557. The molecule has 1 amide bonds. The zero-order valence-electron chi connectivity index (χ0n) is 15.7. The average Bonchev–Trinajstić information content (AvgIpc) is 3.36. The molecular formula is C22H22N4OS. The summed E-state index contributed by atoms with van der Waals surface area (Å²) in [5.74, 6) is -0.0557. The summed E-state index contributed by atoms with van der Waals surface area (Å²) in [4.78, 5) is 21.1. The molecule has 0 bridgehead atoms. The van der Waals surface area contributed by atoms with Crippen molar-refractivity contribution < 1.29 is 4.79 Å². The number of rotatable bonds is 7. The van der Waals surface area contributed by atoms with Crippen LogP contribution >= 0.6 is 11.3 Å². The lowest BCUT2D eigenvalue weighted by Gasteiger charge is -2.17. The molecule has 4 rings (SSSR count). The Kier molecular flexibility index (Phi) is 5.50. The van der Waals surface area contributed by atoms with Crippen LogP contribution in [0.1, 0.15) is 15.2 Å². The number of thiophene rings is 1. The number of fused-ring (bicyclic) bond motifs is 1. The fourth-order valence-corrected chi connectivity index (χ4v) is 4.29. The van der Waals surface area contributed by atoms with Crippen LogP contribution in [0.25, 0.3) is 15.9 Å². The fraction of sp³-hybridized carbons (Fsp3) is 0.182. The second-order valence-corrected chi connectivity index (χ2v) is 7.70. The van der Waals surface area contributed by atoms with Crippen LogP contribution in [-0.4, -0.2) is 40.5 Å². The minimum Gasteiger partial charge on any atom is -0.350 e. The lowest BCUT2D eigenvalue weighted by Crippen LogP contribution is -2.32. The van der Waals surface area contributed by atoms with Crippen LogP contribution in [-0.2, 0) is 6.54 Å². The number of pyridine rings is 1. The smallest absolute Gasteiger partial charge is 0.263 e. The molecule has 1 aromatic carbocycles. The Morgan fingerprint density at radius 3 is 2.68 bits per heavy atom. The van der Waals surface area contributed by atoms with Gasteiger partial charge in [-0.25, -0.2) is 4.98 Å². The van der Waals surface area contributed by atoms with Crippen molar-refractivity contribution in [1.29, 1.82) is 0 Å². The van der Waals surface area contributed by atoms with Gasteiger partial charge >= 0.3 is 0 Å². The van der Waals surface area contributed by atoms with Gasteiger partial charge in [-0.1, -0.05) is 30.3 Å². The van der Waals surface area contributed by atoms with Crippen LogP contribution in [0.4, 0.5) is 0 Å². The van der Waals surface area contributed by atoms with Gasteiger partial charge in [-0.2, -0.15) is 0 Å². The Morgan fingerprint density at radius 1 is 1.11 bits per heavy atom. The van der Waals surface area contributed by atoms with Crippen molar-refractivity contribution >= 4 is 27.5 Å². The van der Waals surface area contributed by atoms with Crippen molar-refractivity contribution in [3.63, 3.8) is 0 Å². The second-order valence-electron chi connectivity index (χ2n) is 6.71. The molecular weight excluding hydrogens is 368 g/mol. The standard InChI is InChI=1S/C22H22N4OS/c1-25(16-17-8-3-2-4-9-17)15-12-23-21(27)20-19(26-13-5-6-14-26)18-10-7-11-24-22(18)28-20/h2-11,13-14H,12,15-16H2,1H3,(H,23,27). The van der Waals surface area contributed by atoms with Crippen molar-refractivity contribution in [3.8, 4) is 5.69 Å². The number of nitrogens with one attached hydrogen (secondary N) is 1. The highest BCUT2D eigenvalue weighted by atomic mass is 32.1. The molecule has 0 fully saturated rings. The van der Waals surface area contributed by atoms with E-state index in [1.807, 2.05) is 59.4 Å². The monoisotopic (exact) mass is 390 g/mol. The summed E-state index contributed by atoms with van der Waals surface area (Å²) in [6.07, 6.45) is 5.68. The van der Waals surface area contributed by atoms with Crippen molar-refractivity contribution in [3.05, 3.63) is 83.6 Å². The largest absolute Gasteiger partial charge is 0.350 e. The van der Waals surface area contributed by atoms with Crippen molar-refractivity contribution in [2.75, 3.05) is 20.1 Å². The van der Waals surface area contributed by atoms with E-state index in [1.165, 1.54) is 16.9 Å². The van der Waals surface area contributed by atoms with Crippen LogP contribution in [0.15, 0.2) is 73.2 Å². The molecule has 28 heavy (non-hydrogen) atoms. The predicted octanol–water partition coefficient (Wildman–Crippen LogP) is 3.95. The van der Waals surface area contributed by atoms with Crippen LogP contribution in [0.2, 0.25) is 0 Å². The van der Waals surface area contributed by atoms with Gasteiger partial charge in [-0.15, -0.1) is 11.3 Å². The summed E-state index contributed by atoms with van der Waals surface area (Å²) in [5.41, 5.74) is 2.16. The van der Waals surface area contributed by atoms with E-state index in [4.69, 9.17) is 0 Å². The first-order chi connectivity index (χ1) is 13.7. The molecule has 0 saturated carbocycles. The predicted molar refractivity (Wildman–Crippen MR) is 114 cm³/mol. The van der Waals surface area contributed by atoms with E-state index < -0.39 is 0 Å². The summed E-state index contributed by atoms with van der Waals surface area (Å²) in [5, 5.41) is 4.06. The Bertz CT molecular complexity index is 1060. The van der Waals surface area contributed by atoms with E-state index in [0.29, 0.717) is 11.4 Å². The zero-order valence-corrected chi connectivity index (χ0v) is 16.5.